The van der Waals surface area contributed by atoms with Crippen LogP contribution in [0.3, 0.4) is 0 Å². The number of hydrogen-bond donors (Lipinski definition) is 2. The van der Waals surface area contributed by atoms with E-state index in [1.54, 1.807) is 29.5 Å². The van der Waals surface area contributed by atoms with Gasteiger partial charge >= 0.3 is 6.03 Å². The van der Waals surface area contributed by atoms with Crippen molar-refractivity contribution in [1.29, 1.82) is 0 Å². The standard InChI is InChI=1S/C27H32N10O/c1-19-16-21(17-30-24(19)35-12-14-36(15-13-35)25-28-10-5-11-29-25)31-26(38)32-23-18-37(34-33-23)22-8-6-20(7-9-22)27(2,3)4/h5-11,16-18H,12-15H2,1-4H3,(H2,31,32,38). The van der Waals surface area contributed by atoms with Gasteiger partial charge in [0.15, 0.2) is 5.82 Å². The van der Waals surface area contributed by atoms with Crippen LogP contribution in [0.1, 0.15) is 31.9 Å². The van der Waals surface area contributed by atoms with Crippen molar-refractivity contribution in [2.75, 3.05) is 46.6 Å². The maximum Gasteiger partial charge on any atom is 0.324 e. The van der Waals surface area contributed by atoms with E-state index in [9.17, 15) is 4.79 Å². The zero-order chi connectivity index (χ0) is 26.7. The van der Waals surface area contributed by atoms with Crippen molar-refractivity contribution in [1.82, 2.24) is 29.9 Å². The molecule has 11 heteroatoms. The summed E-state index contributed by atoms with van der Waals surface area (Å²) in [6.07, 6.45) is 6.87. The van der Waals surface area contributed by atoms with Gasteiger partial charge in [-0.3, -0.25) is 5.32 Å². The molecule has 0 saturated carbocycles. The average Bonchev–Trinajstić information content (AvgIpc) is 3.37. The second-order valence-corrected chi connectivity index (χ2v) is 10.3. The van der Waals surface area contributed by atoms with Crippen LogP contribution in [-0.2, 0) is 5.41 Å². The van der Waals surface area contributed by atoms with Gasteiger partial charge in [-0.05, 0) is 47.7 Å². The van der Waals surface area contributed by atoms with Crippen LogP contribution >= 0.6 is 0 Å². The number of amides is 2. The minimum absolute atomic E-state index is 0.0733. The fraction of sp³-hybridized carbons (Fsp3) is 0.333. The topological polar surface area (TPSA) is 117 Å². The molecule has 4 aromatic rings. The lowest BCUT2D eigenvalue weighted by Gasteiger charge is -2.36. The quantitative estimate of drug-likeness (QED) is 0.412. The molecule has 0 unspecified atom stereocenters. The predicted molar refractivity (Wildman–Crippen MR) is 148 cm³/mol. The highest BCUT2D eigenvalue weighted by atomic mass is 16.2. The van der Waals surface area contributed by atoms with Crippen LogP contribution in [0.2, 0.25) is 0 Å². The van der Waals surface area contributed by atoms with E-state index >= 15 is 0 Å². The number of nitrogens with zero attached hydrogens (tertiary/aromatic N) is 8. The van der Waals surface area contributed by atoms with Gasteiger partial charge in [-0.25, -0.2) is 24.4 Å². The number of nitrogens with one attached hydrogen (secondary N) is 2. The fourth-order valence-electron chi connectivity index (χ4n) is 4.38. The lowest BCUT2D eigenvalue weighted by Crippen LogP contribution is -2.47. The van der Waals surface area contributed by atoms with Gasteiger partial charge in [-0.2, -0.15) is 0 Å². The number of aryl methyl sites for hydroxylation is 1. The van der Waals surface area contributed by atoms with Crippen LogP contribution in [0, 0.1) is 6.92 Å². The Labute approximate surface area is 221 Å². The smallest absolute Gasteiger partial charge is 0.324 e. The molecule has 1 aliphatic rings. The Morgan fingerprint density at radius 3 is 2.26 bits per heavy atom. The number of rotatable bonds is 5. The largest absolute Gasteiger partial charge is 0.353 e. The third-order valence-electron chi connectivity index (χ3n) is 6.46. The fourth-order valence-corrected chi connectivity index (χ4v) is 4.38. The molecular weight excluding hydrogens is 480 g/mol. The van der Waals surface area contributed by atoms with Crippen molar-refractivity contribution < 1.29 is 4.79 Å². The minimum atomic E-state index is -0.412. The molecule has 1 saturated heterocycles. The Morgan fingerprint density at radius 1 is 0.921 bits per heavy atom. The van der Waals surface area contributed by atoms with Crippen molar-refractivity contribution in [3.8, 4) is 5.69 Å². The number of carbonyl (C=O) groups is 1. The van der Waals surface area contributed by atoms with E-state index in [0.717, 1.165) is 49.2 Å². The van der Waals surface area contributed by atoms with E-state index in [4.69, 9.17) is 0 Å². The van der Waals surface area contributed by atoms with E-state index in [2.05, 4.69) is 78.6 Å². The van der Waals surface area contributed by atoms with Gasteiger partial charge in [-0.1, -0.05) is 38.1 Å². The summed E-state index contributed by atoms with van der Waals surface area (Å²) in [5.41, 5.74) is 3.76. The second-order valence-electron chi connectivity index (χ2n) is 10.3. The number of piperazine rings is 1. The normalized spacial score (nSPS) is 13.9. The molecule has 5 rings (SSSR count). The van der Waals surface area contributed by atoms with E-state index in [1.165, 1.54) is 5.56 Å². The Bertz CT molecular complexity index is 1390. The number of pyridine rings is 1. The molecule has 0 bridgehead atoms. The molecule has 196 valence electrons. The summed E-state index contributed by atoms with van der Waals surface area (Å²) in [6, 6.07) is 11.5. The molecule has 0 atom stereocenters. The molecule has 2 amide bonds. The van der Waals surface area contributed by atoms with Gasteiger partial charge in [0.1, 0.15) is 5.82 Å². The maximum atomic E-state index is 12.6. The third kappa shape index (κ3) is 5.72. The third-order valence-corrected chi connectivity index (χ3v) is 6.46. The van der Waals surface area contributed by atoms with Crippen molar-refractivity contribution in [2.24, 2.45) is 0 Å². The van der Waals surface area contributed by atoms with Crippen molar-refractivity contribution in [3.63, 3.8) is 0 Å². The Hall–Kier alpha value is -4.54. The summed E-state index contributed by atoms with van der Waals surface area (Å²) in [5.74, 6) is 2.01. The molecule has 0 spiro atoms. The number of carbonyl (C=O) groups excluding carboxylic acids is 1. The van der Waals surface area contributed by atoms with E-state index < -0.39 is 6.03 Å². The van der Waals surface area contributed by atoms with Gasteiger partial charge < -0.3 is 15.1 Å². The molecule has 0 radical (unpaired) electrons. The first-order chi connectivity index (χ1) is 18.3. The first-order valence-electron chi connectivity index (χ1n) is 12.6. The van der Waals surface area contributed by atoms with E-state index in [-0.39, 0.29) is 5.41 Å². The van der Waals surface area contributed by atoms with Crippen molar-refractivity contribution >= 4 is 29.3 Å². The molecule has 3 aromatic heterocycles. The summed E-state index contributed by atoms with van der Waals surface area (Å²) in [7, 11) is 0. The highest BCUT2D eigenvalue weighted by Crippen LogP contribution is 2.24. The van der Waals surface area contributed by atoms with Crippen molar-refractivity contribution in [2.45, 2.75) is 33.1 Å². The molecule has 11 nitrogen and oxygen atoms in total. The van der Waals surface area contributed by atoms with Gasteiger partial charge in [0.05, 0.1) is 23.8 Å². The summed E-state index contributed by atoms with van der Waals surface area (Å²) in [5, 5.41) is 13.8. The summed E-state index contributed by atoms with van der Waals surface area (Å²) >= 11 is 0. The lowest BCUT2D eigenvalue weighted by molar-refractivity contribution is 0.262. The Morgan fingerprint density at radius 2 is 1.61 bits per heavy atom. The Kier molecular flexibility index (Phi) is 6.91. The molecular formula is C27H32N10O. The molecule has 0 aliphatic carbocycles. The highest BCUT2D eigenvalue weighted by Gasteiger charge is 2.21. The van der Waals surface area contributed by atoms with Crippen LogP contribution in [0.25, 0.3) is 5.69 Å². The minimum Gasteiger partial charge on any atom is -0.353 e. The molecule has 4 heterocycles. The average molecular weight is 513 g/mol. The number of anilines is 4. The van der Waals surface area contributed by atoms with E-state index in [0.29, 0.717) is 11.5 Å². The first-order valence-corrected chi connectivity index (χ1v) is 12.6. The van der Waals surface area contributed by atoms with Gasteiger partial charge in [0.2, 0.25) is 5.95 Å². The maximum absolute atomic E-state index is 12.6. The van der Waals surface area contributed by atoms with Crippen LogP contribution in [-0.4, -0.2) is 62.2 Å². The second kappa shape index (κ2) is 10.4. The summed E-state index contributed by atoms with van der Waals surface area (Å²) < 4.78 is 1.63. The zero-order valence-corrected chi connectivity index (χ0v) is 22.1. The van der Waals surface area contributed by atoms with Crippen molar-refractivity contribution in [3.05, 3.63) is 72.3 Å². The molecule has 1 aromatic carbocycles. The molecule has 1 fully saturated rings. The van der Waals surface area contributed by atoms with E-state index in [1.807, 2.05) is 31.2 Å². The lowest BCUT2D eigenvalue weighted by atomic mass is 9.87. The number of hydrogen-bond acceptors (Lipinski definition) is 8. The van der Waals surface area contributed by atoms with Crippen LogP contribution < -0.4 is 20.4 Å². The zero-order valence-electron chi connectivity index (χ0n) is 22.1. The number of aromatic nitrogens is 6. The summed E-state index contributed by atoms with van der Waals surface area (Å²) in [4.78, 5) is 30.3. The van der Waals surface area contributed by atoms with Gasteiger partial charge in [0.25, 0.3) is 0 Å². The first kappa shape index (κ1) is 25.1. The van der Waals surface area contributed by atoms with Crippen LogP contribution in [0.4, 0.5) is 28.1 Å². The van der Waals surface area contributed by atoms with Gasteiger partial charge in [-0.15, -0.1) is 5.10 Å². The molecule has 1 aliphatic heterocycles. The number of urea groups is 1. The van der Waals surface area contributed by atoms with Gasteiger partial charge in [0, 0.05) is 38.6 Å². The predicted octanol–water partition coefficient (Wildman–Crippen LogP) is 4.03. The SMILES string of the molecule is Cc1cc(NC(=O)Nc2cn(-c3ccc(C(C)(C)C)cc3)nn2)cnc1N1CCN(c2ncccn2)CC1. The highest BCUT2D eigenvalue weighted by molar-refractivity contribution is 5.99. The molecule has 38 heavy (non-hydrogen) atoms. The monoisotopic (exact) mass is 512 g/mol. The molecule has 2 N–H and O–H groups in total. The summed E-state index contributed by atoms with van der Waals surface area (Å²) in [6.45, 7) is 11.8. The van der Waals surface area contributed by atoms with Crippen LogP contribution in [0.5, 0.6) is 0 Å². The number of benzene rings is 1. The van der Waals surface area contributed by atoms with Crippen LogP contribution in [0.15, 0.2) is 61.2 Å². The Balaban J connectivity index is 1.16.